The molecule has 1 saturated carbocycles. The third-order valence-electron chi connectivity index (χ3n) is 6.57. The summed E-state index contributed by atoms with van der Waals surface area (Å²) in [6, 6.07) is 4.94. The maximum Gasteiger partial charge on any atom is 0.236 e. The molecule has 1 unspecified atom stereocenters. The van der Waals surface area contributed by atoms with Crippen molar-refractivity contribution in [2.24, 2.45) is 7.05 Å². The minimum Gasteiger partial charge on any atom is -0.342 e. The summed E-state index contributed by atoms with van der Waals surface area (Å²) in [7, 11) is 3.93. The predicted molar refractivity (Wildman–Crippen MR) is 114 cm³/mol. The Bertz CT molecular complexity index is 855. The molecule has 2 aromatic heterocycles. The van der Waals surface area contributed by atoms with Crippen LogP contribution in [0.3, 0.4) is 0 Å². The molecule has 156 valence electrons. The molecule has 1 atom stereocenters. The Labute approximate surface area is 173 Å². The molecule has 29 heavy (non-hydrogen) atoms. The second-order valence-corrected chi connectivity index (χ2v) is 8.75. The molecular formula is C23H33N5O. The van der Waals surface area contributed by atoms with Crippen molar-refractivity contribution in [1.29, 1.82) is 0 Å². The lowest BCUT2D eigenvalue weighted by atomic mass is 9.94. The number of aryl methyl sites for hydroxylation is 2. The van der Waals surface area contributed by atoms with Gasteiger partial charge in [-0.1, -0.05) is 19.3 Å². The number of hydrogen-bond acceptors (Lipinski definition) is 4. The lowest BCUT2D eigenvalue weighted by Gasteiger charge is -2.33. The standard InChI is InChI=1S/C23H33N5O/c1-17-12-18(19-14-24-26(2)15-19)13-21(25-17)22-10-7-11-28(22)16-23(29)27(3)20-8-5-4-6-9-20/h12-15,20,22H,4-11,16H2,1-3H3. The average molecular weight is 396 g/mol. The number of carbonyl (C=O) groups excluding carboxylic acids is 1. The summed E-state index contributed by atoms with van der Waals surface area (Å²) < 4.78 is 1.83. The number of nitrogens with zero attached hydrogens (tertiary/aromatic N) is 5. The number of likely N-dealkylation sites (tertiary alicyclic amines) is 1. The number of hydrogen-bond donors (Lipinski definition) is 0. The number of aromatic nitrogens is 3. The molecule has 3 heterocycles. The fourth-order valence-electron chi connectivity index (χ4n) is 4.91. The van der Waals surface area contributed by atoms with Crippen molar-refractivity contribution in [3.8, 4) is 11.1 Å². The van der Waals surface area contributed by atoms with E-state index in [0.717, 1.165) is 54.7 Å². The van der Waals surface area contributed by atoms with Gasteiger partial charge in [0.1, 0.15) is 0 Å². The van der Waals surface area contributed by atoms with Gasteiger partial charge in [0.25, 0.3) is 0 Å². The highest BCUT2D eigenvalue weighted by molar-refractivity contribution is 5.78. The van der Waals surface area contributed by atoms with Crippen molar-refractivity contribution in [3.05, 3.63) is 35.9 Å². The largest absolute Gasteiger partial charge is 0.342 e. The minimum atomic E-state index is 0.217. The Morgan fingerprint density at radius 3 is 2.66 bits per heavy atom. The van der Waals surface area contributed by atoms with Crippen molar-refractivity contribution in [3.63, 3.8) is 0 Å². The fourth-order valence-corrected chi connectivity index (χ4v) is 4.91. The summed E-state index contributed by atoms with van der Waals surface area (Å²) in [5.74, 6) is 0.254. The SMILES string of the molecule is Cc1cc(-c2cnn(C)c2)cc(C2CCCN2CC(=O)N(C)C2CCCCC2)n1. The van der Waals surface area contributed by atoms with E-state index in [2.05, 4.69) is 22.1 Å². The van der Waals surface area contributed by atoms with Gasteiger partial charge in [-0.2, -0.15) is 5.10 Å². The van der Waals surface area contributed by atoms with E-state index in [0.29, 0.717) is 12.6 Å². The predicted octanol–water partition coefficient (Wildman–Crippen LogP) is 3.72. The van der Waals surface area contributed by atoms with Gasteiger partial charge in [0.05, 0.1) is 24.5 Å². The first kappa shape index (κ1) is 20.1. The third-order valence-corrected chi connectivity index (χ3v) is 6.57. The second kappa shape index (κ2) is 8.66. The minimum absolute atomic E-state index is 0.217. The Kier molecular flexibility index (Phi) is 5.99. The third kappa shape index (κ3) is 4.53. The molecule has 1 aliphatic carbocycles. The first-order valence-electron chi connectivity index (χ1n) is 11.0. The van der Waals surface area contributed by atoms with E-state index >= 15 is 0 Å². The molecule has 0 spiro atoms. The van der Waals surface area contributed by atoms with Crippen LogP contribution < -0.4 is 0 Å². The molecule has 0 radical (unpaired) electrons. The number of carbonyl (C=O) groups is 1. The molecule has 4 rings (SSSR count). The van der Waals surface area contributed by atoms with Crippen molar-refractivity contribution in [1.82, 2.24) is 24.6 Å². The van der Waals surface area contributed by atoms with E-state index in [4.69, 9.17) is 4.98 Å². The summed E-state index contributed by atoms with van der Waals surface area (Å²) >= 11 is 0. The zero-order valence-electron chi connectivity index (χ0n) is 18.0. The maximum absolute atomic E-state index is 13.0. The van der Waals surface area contributed by atoms with Crippen LogP contribution >= 0.6 is 0 Å². The lowest BCUT2D eigenvalue weighted by molar-refractivity contribution is -0.134. The highest BCUT2D eigenvalue weighted by Crippen LogP contribution is 2.33. The Morgan fingerprint density at radius 1 is 1.14 bits per heavy atom. The van der Waals surface area contributed by atoms with Gasteiger partial charge in [-0.3, -0.25) is 19.4 Å². The van der Waals surface area contributed by atoms with Gasteiger partial charge in [0.2, 0.25) is 5.91 Å². The van der Waals surface area contributed by atoms with E-state index in [1.807, 2.05) is 43.0 Å². The van der Waals surface area contributed by atoms with Crippen LogP contribution in [0.5, 0.6) is 0 Å². The molecule has 0 N–H and O–H groups in total. The normalized spacial score (nSPS) is 20.9. The van der Waals surface area contributed by atoms with Gasteiger partial charge in [-0.15, -0.1) is 0 Å². The second-order valence-electron chi connectivity index (χ2n) is 8.75. The zero-order valence-corrected chi connectivity index (χ0v) is 18.0. The van der Waals surface area contributed by atoms with Crippen molar-refractivity contribution >= 4 is 5.91 Å². The monoisotopic (exact) mass is 395 g/mol. The van der Waals surface area contributed by atoms with Crippen LogP contribution in [-0.2, 0) is 11.8 Å². The molecule has 0 bridgehead atoms. The molecule has 1 amide bonds. The van der Waals surface area contributed by atoms with Gasteiger partial charge in [-0.25, -0.2) is 0 Å². The first-order valence-corrected chi connectivity index (χ1v) is 11.0. The molecular weight excluding hydrogens is 362 g/mol. The molecule has 2 aromatic rings. The summed E-state index contributed by atoms with van der Waals surface area (Å²) in [5, 5.41) is 4.30. The van der Waals surface area contributed by atoms with Crippen LogP contribution in [0, 0.1) is 6.92 Å². The van der Waals surface area contributed by atoms with E-state index < -0.39 is 0 Å². The first-order chi connectivity index (χ1) is 14.0. The average Bonchev–Trinajstić information content (AvgIpc) is 3.36. The molecule has 1 aliphatic heterocycles. The van der Waals surface area contributed by atoms with Crippen LogP contribution in [0.15, 0.2) is 24.5 Å². The molecule has 6 nitrogen and oxygen atoms in total. The summed E-state index contributed by atoms with van der Waals surface area (Å²) in [6.07, 6.45) is 12.2. The van der Waals surface area contributed by atoms with Crippen molar-refractivity contribution in [2.75, 3.05) is 20.1 Å². The van der Waals surface area contributed by atoms with Gasteiger partial charge in [0, 0.05) is 37.6 Å². The highest BCUT2D eigenvalue weighted by Gasteiger charge is 2.31. The van der Waals surface area contributed by atoms with E-state index in [1.165, 1.54) is 19.3 Å². The van der Waals surface area contributed by atoms with Crippen molar-refractivity contribution in [2.45, 2.75) is 64.0 Å². The summed E-state index contributed by atoms with van der Waals surface area (Å²) in [5.41, 5.74) is 4.35. The van der Waals surface area contributed by atoms with E-state index in [9.17, 15) is 4.79 Å². The Balaban J connectivity index is 1.49. The lowest BCUT2D eigenvalue weighted by Crippen LogP contribution is -2.44. The molecule has 2 aliphatic rings. The maximum atomic E-state index is 13.0. The van der Waals surface area contributed by atoms with E-state index in [-0.39, 0.29) is 11.9 Å². The van der Waals surface area contributed by atoms with Crippen LogP contribution in [0.25, 0.3) is 11.1 Å². The molecule has 2 fully saturated rings. The van der Waals surface area contributed by atoms with Crippen LogP contribution in [0.4, 0.5) is 0 Å². The smallest absolute Gasteiger partial charge is 0.236 e. The number of rotatable bonds is 5. The van der Waals surface area contributed by atoms with Gasteiger partial charge < -0.3 is 4.90 Å². The Morgan fingerprint density at radius 2 is 1.93 bits per heavy atom. The van der Waals surface area contributed by atoms with Gasteiger partial charge >= 0.3 is 0 Å². The summed E-state index contributed by atoms with van der Waals surface area (Å²) in [6.45, 7) is 3.51. The van der Waals surface area contributed by atoms with Crippen LogP contribution in [-0.4, -0.2) is 56.7 Å². The zero-order chi connectivity index (χ0) is 20.4. The molecule has 6 heteroatoms. The fraction of sp³-hybridized carbons (Fsp3) is 0.609. The molecule has 0 aromatic carbocycles. The Hall–Kier alpha value is -2.21. The highest BCUT2D eigenvalue weighted by atomic mass is 16.2. The number of likely N-dealkylation sites (N-methyl/N-ethyl adjacent to an activating group) is 1. The van der Waals surface area contributed by atoms with Crippen LogP contribution in [0.1, 0.15) is 62.4 Å². The number of pyridine rings is 1. The van der Waals surface area contributed by atoms with Gasteiger partial charge in [0.15, 0.2) is 0 Å². The number of amides is 1. The molecule has 1 saturated heterocycles. The van der Waals surface area contributed by atoms with Gasteiger partial charge in [-0.05, 0) is 56.8 Å². The summed E-state index contributed by atoms with van der Waals surface area (Å²) in [4.78, 5) is 22.2. The van der Waals surface area contributed by atoms with Crippen LogP contribution in [0.2, 0.25) is 0 Å². The quantitative estimate of drug-likeness (QED) is 0.774. The van der Waals surface area contributed by atoms with Crippen molar-refractivity contribution < 1.29 is 4.79 Å². The van der Waals surface area contributed by atoms with E-state index in [1.54, 1.807) is 0 Å². The topological polar surface area (TPSA) is 54.3 Å².